The van der Waals surface area contributed by atoms with E-state index in [4.69, 9.17) is 5.11 Å². The normalized spacial score (nSPS) is 12.8. The van der Waals surface area contributed by atoms with Crippen LogP contribution in [-0.4, -0.2) is 16.8 Å². The van der Waals surface area contributed by atoms with E-state index in [1.807, 2.05) is 6.92 Å². The number of carboxylic acids is 1. The molecule has 0 bridgehead atoms. The number of hydrogen-bond donors (Lipinski definition) is 2. The molecule has 2 nitrogen and oxygen atoms in total. The second-order valence-corrected chi connectivity index (χ2v) is 3.84. The molecule has 0 saturated carbocycles. The molecule has 0 aliphatic carbocycles. The first-order chi connectivity index (χ1) is 6.22. The van der Waals surface area contributed by atoms with Crippen molar-refractivity contribution in [1.82, 2.24) is 0 Å². The van der Waals surface area contributed by atoms with Gasteiger partial charge in [0, 0.05) is 0 Å². The summed E-state index contributed by atoms with van der Waals surface area (Å²) in [6.07, 6.45) is 5.84. The van der Waals surface area contributed by atoms with Gasteiger partial charge >= 0.3 is 5.97 Å². The number of aliphatic carboxylic acids is 1. The number of hydrogen-bond acceptors (Lipinski definition) is 2. The molecular weight excluding hydrogens is 184 g/mol. The molecule has 1 N–H and O–H groups in total. The molecule has 0 saturated heterocycles. The summed E-state index contributed by atoms with van der Waals surface area (Å²) in [5.41, 5.74) is 0. The number of carboxylic acid groups (broad SMARTS) is 1. The van der Waals surface area contributed by atoms with E-state index < -0.39 is 5.97 Å². The van der Waals surface area contributed by atoms with Crippen LogP contribution in [0.5, 0.6) is 0 Å². The Balaban J connectivity index is 3.51. The largest absolute Gasteiger partial charge is 0.481 e. The van der Waals surface area contributed by atoms with Crippen LogP contribution >= 0.6 is 12.6 Å². The Kier molecular flexibility index (Phi) is 8.30. The molecule has 3 heteroatoms. The fourth-order valence-corrected chi connectivity index (χ4v) is 1.64. The lowest BCUT2D eigenvalue weighted by Gasteiger charge is -2.09. The average molecular weight is 204 g/mol. The lowest BCUT2D eigenvalue weighted by atomic mass is 9.97. The molecule has 0 aromatic carbocycles. The maximum absolute atomic E-state index is 10.7. The van der Waals surface area contributed by atoms with Crippen molar-refractivity contribution < 1.29 is 9.90 Å². The van der Waals surface area contributed by atoms with E-state index >= 15 is 0 Å². The summed E-state index contributed by atoms with van der Waals surface area (Å²) in [5, 5.41) is 8.85. The van der Waals surface area contributed by atoms with Crippen molar-refractivity contribution in [3.63, 3.8) is 0 Å². The third-order valence-electron chi connectivity index (χ3n) is 2.20. The van der Waals surface area contributed by atoms with Gasteiger partial charge in [-0.05, 0) is 25.0 Å². The topological polar surface area (TPSA) is 37.3 Å². The number of thiol groups is 1. The Morgan fingerprint density at radius 1 is 1.31 bits per heavy atom. The Labute approximate surface area is 86.1 Å². The van der Waals surface area contributed by atoms with Crippen LogP contribution in [0.15, 0.2) is 0 Å². The molecule has 1 atom stereocenters. The zero-order chi connectivity index (χ0) is 10.1. The van der Waals surface area contributed by atoms with E-state index in [0.717, 1.165) is 44.3 Å². The minimum atomic E-state index is -0.632. The van der Waals surface area contributed by atoms with Crippen LogP contribution in [0.1, 0.15) is 45.4 Å². The van der Waals surface area contributed by atoms with E-state index in [2.05, 4.69) is 12.6 Å². The highest BCUT2D eigenvalue weighted by Crippen LogP contribution is 2.15. The van der Waals surface area contributed by atoms with Crippen LogP contribution in [0.3, 0.4) is 0 Å². The van der Waals surface area contributed by atoms with Crippen molar-refractivity contribution in [3.05, 3.63) is 0 Å². The predicted octanol–water partition coefficient (Wildman–Crippen LogP) is 2.98. The molecule has 0 aliphatic heterocycles. The van der Waals surface area contributed by atoms with Crippen molar-refractivity contribution in [2.45, 2.75) is 45.4 Å². The van der Waals surface area contributed by atoms with Gasteiger partial charge in [0.15, 0.2) is 0 Å². The summed E-state index contributed by atoms with van der Waals surface area (Å²) in [6, 6.07) is 0. The number of rotatable bonds is 8. The Bertz CT molecular complexity index is 137. The second-order valence-electron chi connectivity index (χ2n) is 3.40. The molecule has 0 spiro atoms. The summed E-state index contributed by atoms with van der Waals surface area (Å²) >= 11 is 4.11. The highest BCUT2D eigenvalue weighted by Gasteiger charge is 2.14. The maximum atomic E-state index is 10.7. The van der Waals surface area contributed by atoms with Gasteiger partial charge < -0.3 is 5.11 Å². The third-order valence-corrected chi connectivity index (χ3v) is 2.51. The molecule has 13 heavy (non-hydrogen) atoms. The number of unbranched alkanes of at least 4 members (excludes halogenated alkanes) is 2. The van der Waals surface area contributed by atoms with Crippen molar-refractivity contribution in [1.29, 1.82) is 0 Å². The van der Waals surface area contributed by atoms with Crippen LogP contribution in [0.4, 0.5) is 0 Å². The van der Waals surface area contributed by atoms with Gasteiger partial charge in [-0.3, -0.25) is 4.79 Å². The van der Waals surface area contributed by atoms with E-state index in [1.54, 1.807) is 0 Å². The summed E-state index contributed by atoms with van der Waals surface area (Å²) < 4.78 is 0. The fraction of sp³-hybridized carbons (Fsp3) is 0.900. The fourth-order valence-electron chi connectivity index (χ4n) is 1.42. The number of carbonyl (C=O) groups is 1. The summed E-state index contributed by atoms with van der Waals surface area (Å²) in [5.74, 6) is 0.156. The van der Waals surface area contributed by atoms with Gasteiger partial charge in [0.25, 0.3) is 0 Å². The molecule has 0 heterocycles. The molecule has 0 aromatic heterocycles. The van der Waals surface area contributed by atoms with Crippen molar-refractivity contribution in [3.8, 4) is 0 Å². The molecule has 0 amide bonds. The summed E-state index contributed by atoms with van der Waals surface area (Å²) in [4.78, 5) is 10.7. The van der Waals surface area contributed by atoms with Gasteiger partial charge in [-0.2, -0.15) is 12.6 Å². The maximum Gasteiger partial charge on any atom is 0.306 e. The van der Waals surface area contributed by atoms with Crippen molar-refractivity contribution in [2.24, 2.45) is 5.92 Å². The van der Waals surface area contributed by atoms with Gasteiger partial charge in [-0.15, -0.1) is 0 Å². The zero-order valence-electron chi connectivity index (χ0n) is 8.33. The Morgan fingerprint density at radius 2 is 2.00 bits per heavy atom. The van der Waals surface area contributed by atoms with E-state index in [1.165, 1.54) is 0 Å². The standard InChI is InChI=1S/C10H20O2S/c1-2-6-9(10(11)12)7-4-3-5-8-13/h9,13H,2-8H2,1H3,(H,11,12). The lowest BCUT2D eigenvalue weighted by molar-refractivity contribution is -0.142. The highest BCUT2D eigenvalue weighted by atomic mass is 32.1. The lowest BCUT2D eigenvalue weighted by Crippen LogP contribution is -2.13. The van der Waals surface area contributed by atoms with Crippen LogP contribution in [-0.2, 0) is 4.79 Å². The van der Waals surface area contributed by atoms with Crippen LogP contribution in [0.2, 0.25) is 0 Å². The van der Waals surface area contributed by atoms with Crippen molar-refractivity contribution in [2.75, 3.05) is 5.75 Å². The molecule has 0 fully saturated rings. The molecule has 0 rings (SSSR count). The molecule has 0 aromatic rings. The highest BCUT2D eigenvalue weighted by molar-refractivity contribution is 7.80. The minimum absolute atomic E-state index is 0.120. The molecule has 0 aliphatic rings. The first-order valence-corrected chi connectivity index (χ1v) is 5.69. The van der Waals surface area contributed by atoms with E-state index in [9.17, 15) is 4.79 Å². The van der Waals surface area contributed by atoms with Gasteiger partial charge in [0.2, 0.25) is 0 Å². The van der Waals surface area contributed by atoms with Crippen molar-refractivity contribution >= 4 is 18.6 Å². The van der Waals surface area contributed by atoms with Gasteiger partial charge in [-0.25, -0.2) is 0 Å². The average Bonchev–Trinajstić information content (AvgIpc) is 2.10. The summed E-state index contributed by atoms with van der Waals surface area (Å²) in [7, 11) is 0. The van der Waals surface area contributed by atoms with Crippen LogP contribution in [0.25, 0.3) is 0 Å². The zero-order valence-corrected chi connectivity index (χ0v) is 9.22. The first-order valence-electron chi connectivity index (χ1n) is 5.06. The van der Waals surface area contributed by atoms with Gasteiger partial charge in [-0.1, -0.05) is 26.2 Å². The quantitative estimate of drug-likeness (QED) is 0.471. The SMILES string of the molecule is CCCC(CCCCCS)C(=O)O. The molecule has 1 unspecified atom stereocenters. The first kappa shape index (κ1) is 12.8. The second kappa shape index (κ2) is 8.42. The minimum Gasteiger partial charge on any atom is -0.481 e. The molecule has 78 valence electrons. The Morgan fingerprint density at radius 3 is 2.46 bits per heavy atom. The molecule has 0 radical (unpaired) electrons. The van der Waals surface area contributed by atoms with E-state index in [0.29, 0.717) is 0 Å². The summed E-state index contributed by atoms with van der Waals surface area (Å²) in [6.45, 7) is 2.03. The third kappa shape index (κ3) is 6.94. The molecular formula is C10H20O2S. The van der Waals surface area contributed by atoms with Gasteiger partial charge in [0.05, 0.1) is 5.92 Å². The van der Waals surface area contributed by atoms with Gasteiger partial charge in [0.1, 0.15) is 0 Å². The monoisotopic (exact) mass is 204 g/mol. The Hall–Kier alpha value is -0.180. The van der Waals surface area contributed by atoms with E-state index in [-0.39, 0.29) is 5.92 Å². The smallest absolute Gasteiger partial charge is 0.306 e. The predicted molar refractivity (Wildman–Crippen MR) is 58.4 cm³/mol. The van der Waals surface area contributed by atoms with Crippen LogP contribution < -0.4 is 0 Å². The van der Waals surface area contributed by atoms with Crippen LogP contribution in [0, 0.1) is 5.92 Å².